The molecule has 0 unspecified atom stereocenters. The summed E-state index contributed by atoms with van der Waals surface area (Å²) < 4.78 is 0. The van der Waals surface area contributed by atoms with Gasteiger partial charge in [-0.1, -0.05) is 18.0 Å². The Morgan fingerprint density at radius 2 is 2.16 bits per heavy atom. The maximum absolute atomic E-state index is 11.9. The van der Waals surface area contributed by atoms with E-state index in [-0.39, 0.29) is 11.7 Å². The monoisotopic (exact) mass is 282 g/mol. The number of carbonyl (C=O) groups excluding carboxylic acids is 1. The van der Waals surface area contributed by atoms with Crippen molar-refractivity contribution in [1.82, 2.24) is 15.2 Å². The molecule has 1 aliphatic heterocycles. The zero-order valence-electron chi connectivity index (χ0n) is 10.9. The maximum Gasteiger partial charge on any atom is 0.252 e. The number of nitrogens with zero attached hydrogens (tertiary/aromatic N) is 2. The van der Waals surface area contributed by atoms with Gasteiger partial charge in [0.25, 0.3) is 5.91 Å². The van der Waals surface area contributed by atoms with Gasteiger partial charge in [0, 0.05) is 19.3 Å². The van der Waals surface area contributed by atoms with Gasteiger partial charge >= 0.3 is 0 Å². The van der Waals surface area contributed by atoms with Crippen molar-refractivity contribution in [3.8, 4) is 0 Å². The maximum atomic E-state index is 11.9. The molecule has 0 saturated carbocycles. The number of nitrogens with two attached hydrogens (primary N) is 1. The fraction of sp³-hybridized carbons (Fsp3) is 0.538. The number of halogens is 1. The van der Waals surface area contributed by atoms with Crippen molar-refractivity contribution >= 4 is 23.3 Å². The van der Waals surface area contributed by atoms with Crippen LogP contribution in [-0.4, -0.2) is 42.0 Å². The number of nitrogens with one attached hydrogen (secondary N) is 1. The summed E-state index contributed by atoms with van der Waals surface area (Å²) in [5, 5.41) is 3.18. The van der Waals surface area contributed by atoms with Crippen LogP contribution in [0.3, 0.4) is 0 Å². The molecule has 1 aliphatic rings. The van der Waals surface area contributed by atoms with E-state index in [4.69, 9.17) is 17.3 Å². The fourth-order valence-corrected chi connectivity index (χ4v) is 2.35. The Labute approximate surface area is 118 Å². The average molecular weight is 283 g/mol. The number of hydrogen-bond acceptors (Lipinski definition) is 4. The third kappa shape index (κ3) is 4.08. The van der Waals surface area contributed by atoms with Gasteiger partial charge in [-0.15, -0.1) is 0 Å². The van der Waals surface area contributed by atoms with E-state index in [1.165, 1.54) is 25.5 Å². The second-order valence-electron chi connectivity index (χ2n) is 4.75. The summed E-state index contributed by atoms with van der Waals surface area (Å²) in [6.07, 6.45) is 5.27. The summed E-state index contributed by atoms with van der Waals surface area (Å²) in [5.74, 6) is 0.0814. The van der Waals surface area contributed by atoms with Gasteiger partial charge in [-0.05, 0) is 32.0 Å². The molecule has 0 bridgehead atoms. The predicted octanol–water partition coefficient (Wildman–Crippen LogP) is 1.53. The van der Waals surface area contributed by atoms with Gasteiger partial charge < -0.3 is 16.0 Å². The number of pyridine rings is 1. The SMILES string of the molecule is Nc1ncc(C(=O)NCCN2CCCCC2)cc1Cl. The molecule has 1 aromatic rings. The topological polar surface area (TPSA) is 71.2 Å². The number of amides is 1. The van der Waals surface area contributed by atoms with Crippen molar-refractivity contribution < 1.29 is 4.79 Å². The van der Waals surface area contributed by atoms with Gasteiger partial charge in [0.2, 0.25) is 0 Å². The fourth-order valence-electron chi connectivity index (χ4n) is 2.19. The van der Waals surface area contributed by atoms with E-state index in [1.807, 2.05) is 0 Å². The normalized spacial score (nSPS) is 16.3. The molecule has 104 valence electrons. The van der Waals surface area contributed by atoms with Crippen molar-refractivity contribution in [3.63, 3.8) is 0 Å². The van der Waals surface area contributed by atoms with Crippen LogP contribution in [0, 0.1) is 0 Å². The van der Waals surface area contributed by atoms with Crippen LogP contribution in [0.25, 0.3) is 0 Å². The Bertz CT molecular complexity index is 446. The summed E-state index contributed by atoms with van der Waals surface area (Å²) >= 11 is 5.84. The Hall–Kier alpha value is -1.33. The van der Waals surface area contributed by atoms with Crippen LogP contribution in [0.5, 0.6) is 0 Å². The van der Waals surface area contributed by atoms with Crippen LogP contribution in [-0.2, 0) is 0 Å². The number of hydrogen-bond donors (Lipinski definition) is 2. The average Bonchev–Trinajstić information content (AvgIpc) is 2.43. The van der Waals surface area contributed by atoms with E-state index in [0.29, 0.717) is 17.1 Å². The first-order chi connectivity index (χ1) is 9.16. The Morgan fingerprint density at radius 3 is 2.84 bits per heavy atom. The van der Waals surface area contributed by atoms with E-state index in [2.05, 4.69) is 15.2 Å². The molecule has 0 atom stereocenters. The summed E-state index contributed by atoms with van der Waals surface area (Å²) in [7, 11) is 0. The minimum Gasteiger partial charge on any atom is -0.382 e. The van der Waals surface area contributed by atoms with Crippen molar-refractivity contribution in [2.45, 2.75) is 19.3 Å². The lowest BCUT2D eigenvalue weighted by Gasteiger charge is -2.26. The smallest absolute Gasteiger partial charge is 0.252 e. The molecule has 0 aromatic carbocycles. The highest BCUT2D eigenvalue weighted by Crippen LogP contribution is 2.16. The second kappa shape index (κ2) is 6.73. The quantitative estimate of drug-likeness (QED) is 0.879. The third-order valence-electron chi connectivity index (χ3n) is 3.29. The van der Waals surface area contributed by atoms with Crippen molar-refractivity contribution in [3.05, 3.63) is 22.8 Å². The zero-order valence-corrected chi connectivity index (χ0v) is 11.6. The van der Waals surface area contributed by atoms with E-state index in [9.17, 15) is 4.79 Å². The molecule has 19 heavy (non-hydrogen) atoms. The molecule has 1 saturated heterocycles. The summed E-state index contributed by atoms with van der Waals surface area (Å²) in [6.45, 7) is 3.79. The van der Waals surface area contributed by atoms with Gasteiger partial charge in [0.1, 0.15) is 5.82 Å². The lowest BCUT2D eigenvalue weighted by molar-refractivity contribution is 0.0946. The Kier molecular flexibility index (Phi) is 4.99. The van der Waals surface area contributed by atoms with Gasteiger partial charge in [-0.25, -0.2) is 4.98 Å². The number of anilines is 1. The second-order valence-corrected chi connectivity index (χ2v) is 5.16. The molecular formula is C13H19ClN4O. The molecule has 0 aliphatic carbocycles. The van der Waals surface area contributed by atoms with Crippen LogP contribution in [0.4, 0.5) is 5.82 Å². The van der Waals surface area contributed by atoms with Crippen molar-refractivity contribution in [2.24, 2.45) is 0 Å². The van der Waals surface area contributed by atoms with Crippen LogP contribution >= 0.6 is 11.6 Å². The van der Waals surface area contributed by atoms with Crippen LogP contribution < -0.4 is 11.1 Å². The zero-order chi connectivity index (χ0) is 13.7. The highest BCUT2D eigenvalue weighted by Gasteiger charge is 2.11. The third-order valence-corrected chi connectivity index (χ3v) is 3.60. The first-order valence-corrected chi connectivity index (χ1v) is 6.96. The van der Waals surface area contributed by atoms with Crippen molar-refractivity contribution in [1.29, 1.82) is 0 Å². The van der Waals surface area contributed by atoms with E-state index >= 15 is 0 Å². The van der Waals surface area contributed by atoms with E-state index < -0.39 is 0 Å². The van der Waals surface area contributed by atoms with E-state index in [0.717, 1.165) is 19.6 Å². The molecule has 5 nitrogen and oxygen atoms in total. The molecule has 1 aromatic heterocycles. The lowest BCUT2D eigenvalue weighted by atomic mass is 10.1. The number of carbonyl (C=O) groups is 1. The molecule has 2 heterocycles. The van der Waals surface area contributed by atoms with E-state index in [1.54, 1.807) is 6.07 Å². The van der Waals surface area contributed by atoms with Gasteiger partial charge in [0.05, 0.1) is 10.6 Å². The Balaban J connectivity index is 1.78. The Morgan fingerprint density at radius 1 is 1.42 bits per heavy atom. The summed E-state index contributed by atoms with van der Waals surface area (Å²) in [5.41, 5.74) is 5.95. The highest BCUT2D eigenvalue weighted by atomic mass is 35.5. The molecular weight excluding hydrogens is 264 g/mol. The number of aromatic nitrogens is 1. The summed E-state index contributed by atoms with van der Waals surface area (Å²) in [4.78, 5) is 18.1. The lowest BCUT2D eigenvalue weighted by Crippen LogP contribution is -2.37. The number of likely N-dealkylation sites (tertiary alicyclic amines) is 1. The number of nitrogen functional groups attached to an aromatic ring is 1. The molecule has 1 fully saturated rings. The molecule has 1 amide bonds. The number of piperidine rings is 1. The minimum atomic E-state index is -0.161. The molecule has 0 spiro atoms. The first-order valence-electron chi connectivity index (χ1n) is 6.58. The van der Waals surface area contributed by atoms with Crippen molar-refractivity contribution in [2.75, 3.05) is 31.9 Å². The van der Waals surface area contributed by atoms with Gasteiger partial charge in [0.15, 0.2) is 0 Å². The summed E-state index contributed by atoms with van der Waals surface area (Å²) in [6, 6.07) is 1.54. The molecule has 0 radical (unpaired) electrons. The van der Waals surface area contributed by atoms with Gasteiger partial charge in [-0.2, -0.15) is 0 Å². The largest absolute Gasteiger partial charge is 0.382 e. The molecule has 3 N–H and O–H groups in total. The van der Waals surface area contributed by atoms with Gasteiger partial charge in [-0.3, -0.25) is 4.79 Å². The molecule has 2 rings (SSSR count). The van der Waals surface area contributed by atoms with Crippen LogP contribution in [0.15, 0.2) is 12.3 Å². The first kappa shape index (κ1) is 14.1. The standard InChI is InChI=1S/C13H19ClN4O/c14-11-8-10(9-17-12(11)15)13(19)16-4-7-18-5-2-1-3-6-18/h8-9H,1-7H2,(H2,15,17)(H,16,19). The van der Waals surface area contributed by atoms with Crippen LogP contribution in [0.2, 0.25) is 5.02 Å². The minimum absolute atomic E-state index is 0.161. The number of rotatable bonds is 4. The van der Waals surface area contributed by atoms with Crippen LogP contribution in [0.1, 0.15) is 29.6 Å². The highest BCUT2D eigenvalue weighted by molar-refractivity contribution is 6.33. The molecule has 6 heteroatoms. The predicted molar refractivity (Wildman–Crippen MR) is 76.3 cm³/mol.